The average Bonchev–Trinajstić information content (AvgIpc) is 2.75. The Hall–Kier alpha value is -2.87. The summed E-state index contributed by atoms with van der Waals surface area (Å²) >= 11 is 6.17. The Kier molecular flexibility index (Phi) is 7.90. The van der Waals surface area contributed by atoms with Crippen molar-refractivity contribution < 1.29 is 17.9 Å². The zero-order valence-corrected chi connectivity index (χ0v) is 19.4. The summed E-state index contributed by atoms with van der Waals surface area (Å²) in [7, 11) is -4.03. The van der Waals surface area contributed by atoms with E-state index in [4.69, 9.17) is 16.3 Å². The van der Waals surface area contributed by atoms with Crippen molar-refractivity contribution in [3.63, 3.8) is 0 Å². The number of amides is 1. The highest BCUT2D eigenvalue weighted by Crippen LogP contribution is 2.27. The largest absolute Gasteiger partial charge is 0.492 e. The highest BCUT2D eigenvalue weighted by atomic mass is 35.5. The summed E-state index contributed by atoms with van der Waals surface area (Å²) < 4.78 is 34.0. The van der Waals surface area contributed by atoms with Gasteiger partial charge in [0, 0.05) is 5.69 Å². The first kappa shape index (κ1) is 23.8. The molecule has 0 fully saturated rings. The van der Waals surface area contributed by atoms with Gasteiger partial charge in [0.1, 0.15) is 11.8 Å². The Labute approximate surface area is 193 Å². The lowest BCUT2D eigenvalue weighted by molar-refractivity contribution is -0.117. The lowest BCUT2D eigenvalue weighted by Crippen LogP contribution is -2.45. The van der Waals surface area contributed by atoms with Gasteiger partial charge in [-0.1, -0.05) is 54.1 Å². The predicted octanol–water partition coefficient (Wildman–Crippen LogP) is 4.58. The molecule has 0 aliphatic rings. The van der Waals surface area contributed by atoms with Crippen molar-refractivity contribution in [2.45, 2.75) is 31.2 Å². The minimum atomic E-state index is -4.03. The van der Waals surface area contributed by atoms with E-state index >= 15 is 0 Å². The Balaban J connectivity index is 1.87. The Morgan fingerprint density at radius 3 is 2.44 bits per heavy atom. The van der Waals surface area contributed by atoms with Gasteiger partial charge in [0.2, 0.25) is 15.9 Å². The summed E-state index contributed by atoms with van der Waals surface area (Å²) in [6.45, 7) is 4.13. The fourth-order valence-electron chi connectivity index (χ4n) is 3.17. The van der Waals surface area contributed by atoms with Gasteiger partial charge in [-0.05, 0) is 61.7 Å². The first-order valence-electron chi connectivity index (χ1n) is 10.1. The topological polar surface area (TPSA) is 84.5 Å². The smallest absolute Gasteiger partial charge is 0.242 e. The number of anilines is 1. The number of hydrogen-bond acceptors (Lipinski definition) is 4. The van der Waals surface area contributed by atoms with E-state index in [1.807, 2.05) is 62.4 Å². The van der Waals surface area contributed by atoms with Gasteiger partial charge in [-0.3, -0.25) is 4.79 Å². The number of halogens is 1. The average molecular weight is 473 g/mol. The SMILES string of the molecule is CCOc1ccc(S(=O)(=O)NC(Cc2ccccc2)C(=O)Nc2cccc(C)c2)cc1Cl. The van der Waals surface area contributed by atoms with E-state index in [1.54, 1.807) is 6.07 Å². The third-order valence-corrected chi connectivity index (χ3v) is 6.46. The van der Waals surface area contributed by atoms with E-state index in [-0.39, 0.29) is 16.3 Å². The first-order valence-corrected chi connectivity index (χ1v) is 12.0. The van der Waals surface area contributed by atoms with E-state index in [9.17, 15) is 13.2 Å². The molecular weight excluding hydrogens is 448 g/mol. The van der Waals surface area contributed by atoms with Crippen molar-refractivity contribution >= 4 is 33.2 Å². The van der Waals surface area contributed by atoms with Crippen molar-refractivity contribution in [3.8, 4) is 5.75 Å². The molecule has 0 saturated carbocycles. The molecule has 0 aromatic heterocycles. The molecule has 0 aliphatic heterocycles. The van der Waals surface area contributed by atoms with Gasteiger partial charge in [0.15, 0.2) is 0 Å². The molecule has 168 valence electrons. The van der Waals surface area contributed by atoms with Gasteiger partial charge in [-0.25, -0.2) is 8.42 Å². The van der Waals surface area contributed by atoms with Crippen LogP contribution in [0.5, 0.6) is 5.75 Å². The van der Waals surface area contributed by atoms with Crippen LogP contribution in [0.1, 0.15) is 18.1 Å². The standard InChI is InChI=1S/C24H25ClN2O4S/c1-3-31-23-13-12-20(16-21(23)25)32(29,30)27-22(15-18-9-5-4-6-10-18)24(28)26-19-11-7-8-17(2)14-19/h4-14,16,22,27H,3,15H2,1-2H3,(H,26,28). The van der Waals surface area contributed by atoms with Crippen LogP contribution in [0.15, 0.2) is 77.7 Å². The van der Waals surface area contributed by atoms with Crippen LogP contribution >= 0.6 is 11.6 Å². The van der Waals surface area contributed by atoms with Crippen molar-refractivity contribution in [1.29, 1.82) is 0 Å². The highest BCUT2D eigenvalue weighted by Gasteiger charge is 2.27. The molecule has 1 amide bonds. The monoisotopic (exact) mass is 472 g/mol. The number of nitrogens with one attached hydrogen (secondary N) is 2. The van der Waals surface area contributed by atoms with E-state index in [2.05, 4.69) is 10.0 Å². The number of sulfonamides is 1. The Bertz CT molecular complexity index is 1180. The maximum Gasteiger partial charge on any atom is 0.242 e. The van der Waals surface area contributed by atoms with Gasteiger partial charge in [0.25, 0.3) is 0 Å². The molecule has 2 N–H and O–H groups in total. The zero-order chi connectivity index (χ0) is 23.1. The maximum atomic E-state index is 13.1. The van der Waals surface area contributed by atoms with Crippen molar-refractivity contribution in [2.75, 3.05) is 11.9 Å². The van der Waals surface area contributed by atoms with E-state index in [1.165, 1.54) is 18.2 Å². The number of carbonyl (C=O) groups is 1. The second kappa shape index (κ2) is 10.6. The van der Waals surface area contributed by atoms with Crippen molar-refractivity contribution in [2.24, 2.45) is 0 Å². The molecule has 0 bridgehead atoms. The number of aryl methyl sites for hydroxylation is 1. The van der Waals surface area contributed by atoms with Crippen LogP contribution < -0.4 is 14.8 Å². The summed E-state index contributed by atoms with van der Waals surface area (Å²) in [6.07, 6.45) is 0.183. The lowest BCUT2D eigenvalue weighted by Gasteiger charge is -2.19. The zero-order valence-electron chi connectivity index (χ0n) is 17.8. The number of carbonyl (C=O) groups excluding carboxylic acids is 1. The quantitative estimate of drug-likeness (QED) is 0.477. The maximum absolute atomic E-state index is 13.1. The molecule has 8 heteroatoms. The van der Waals surface area contributed by atoms with Crippen LogP contribution in [0, 0.1) is 6.92 Å². The molecule has 0 saturated heterocycles. The molecule has 0 spiro atoms. The normalized spacial score (nSPS) is 12.2. The predicted molar refractivity (Wildman–Crippen MR) is 127 cm³/mol. The third kappa shape index (κ3) is 6.32. The van der Waals surface area contributed by atoms with E-state index < -0.39 is 22.0 Å². The molecule has 0 radical (unpaired) electrons. The van der Waals surface area contributed by atoms with Crippen molar-refractivity contribution in [3.05, 3.63) is 88.9 Å². The van der Waals surface area contributed by atoms with Crippen molar-refractivity contribution in [1.82, 2.24) is 4.72 Å². The van der Waals surface area contributed by atoms with E-state index in [0.717, 1.165) is 11.1 Å². The Morgan fingerprint density at radius 1 is 1.03 bits per heavy atom. The molecule has 6 nitrogen and oxygen atoms in total. The van der Waals surface area contributed by atoms with Gasteiger partial charge < -0.3 is 10.1 Å². The molecule has 0 heterocycles. The molecule has 0 aliphatic carbocycles. The number of benzene rings is 3. The first-order chi connectivity index (χ1) is 15.3. The number of hydrogen-bond donors (Lipinski definition) is 2. The fourth-order valence-corrected chi connectivity index (χ4v) is 4.69. The molecule has 3 rings (SSSR count). The Morgan fingerprint density at radius 2 is 1.78 bits per heavy atom. The molecular formula is C24H25ClN2O4S. The molecule has 1 unspecified atom stereocenters. The van der Waals surface area contributed by atoms with Crippen LogP contribution in [-0.4, -0.2) is 27.0 Å². The van der Waals surface area contributed by atoms with Crippen LogP contribution in [0.4, 0.5) is 5.69 Å². The van der Waals surface area contributed by atoms with Gasteiger partial charge in [-0.2, -0.15) is 4.72 Å². The molecule has 3 aromatic carbocycles. The van der Waals surface area contributed by atoms with Gasteiger partial charge >= 0.3 is 0 Å². The van der Waals surface area contributed by atoms with E-state index in [0.29, 0.717) is 18.0 Å². The van der Waals surface area contributed by atoms with Crippen LogP contribution in [-0.2, 0) is 21.2 Å². The van der Waals surface area contributed by atoms with Crippen LogP contribution in [0.3, 0.4) is 0 Å². The lowest BCUT2D eigenvalue weighted by atomic mass is 10.1. The summed E-state index contributed by atoms with van der Waals surface area (Å²) in [5.41, 5.74) is 2.40. The highest BCUT2D eigenvalue weighted by molar-refractivity contribution is 7.89. The summed E-state index contributed by atoms with van der Waals surface area (Å²) in [5.74, 6) is -0.0637. The summed E-state index contributed by atoms with van der Waals surface area (Å²) in [5, 5.41) is 2.98. The second-order valence-electron chi connectivity index (χ2n) is 7.25. The summed E-state index contributed by atoms with van der Waals surface area (Å²) in [6, 6.07) is 19.7. The minimum absolute atomic E-state index is 0.0487. The minimum Gasteiger partial charge on any atom is -0.492 e. The fraction of sp³-hybridized carbons (Fsp3) is 0.208. The summed E-state index contributed by atoms with van der Waals surface area (Å²) in [4.78, 5) is 13.0. The molecule has 1 atom stereocenters. The number of ether oxygens (including phenoxy) is 1. The second-order valence-corrected chi connectivity index (χ2v) is 9.37. The van der Waals surface area contributed by atoms with Gasteiger partial charge in [0.05, 0.1) is 16.5 Å². The van der Waals surface area contributed by atoms with Crippen LogP contribution in [0.25, 0.3) is 0 Å². The van der Waals surface area contributed by atoms with Crippen LogP contribution in [0.2, 0.25) is 5.02 Å². The molecule has 32 heavy (non-hydrogen) atoms. The third-order valence-electron chi connectivity index (χ3n) is 4.70. The molecule has 3 aromatic rings. The number of rotatable bonds is 9. The van der Waals surface area contributed by atoms with Gasteiger partial charge in [-0.15, -0.1) is 0 Å².